The van der Waals surface area contributed by atoms with Crippen LogP contribution in [-0.2, 0) is 31.0 Å². The highest BCUT2D eigenvalue weighted by atomic mass is 16.5. The van der Waals surface area contributed by atoms with E-state index in [1.807, 2.05) is 54.5 Å². The molecule has 9 nitrogen and oxygen atoms in total. The molecular weight excluding hydrogens is 482 g/mol. The van der Waals surface area contributed by atoms with Crippen LogP contribution in [0.25, 0.3) is 0 Å². The van der Waals surface area contributed by atoms with Crippen LogP contribution in [0.3, 0.4) is 0 Å². The van der Waals surface area contributed by atoms with Crippen molar-refractivity contribution in [2.75, 3.05) is 19.8 Å². The molecule has 2 aromatic carbocycles. The van der Waals surface area contributed by atoms with E-state index in [1.54, 1.807) is 12.1 Å². The van der Waals surface area contributed by atoms with Crippen molar-refractivity contribution in [1.29, 1.82) is 0 Å². The summed E-state index contributed by atoms with van der Waals surface area (Å²) in [6.07, 6.45) is 0.525. The minimum atomic E-state index is -0.672. The number of morpholine rings is 1. The van der Waals surface area contributed by atoms with Gasteiger partial charge in [-0.25, -0.2) is 0 Å². The molecule has 192 valence electrons. The van der Waals surface area contributed by atoms with Crippen LogP contribution >= 0.6 is 0 Å². The third-order valence-corrected chi connectivity index (χ3v) is 7.92. The first-order valence-electron chi connectivity index (χ1n) is 13.0. The summed E-state index contributed by atoms with van der Waals surface area (Å²) in [6.45, 7) is 1.45. The maximum atomic E-state index is 13.1. The number of nitrogens with zero attached hydrogens (tertiary/aromatic N) is 2. The molecule has 3 aliphatic rings. The molecule has 2 atom stereocenters. The smallest absolute Gasteiger partial charge is 0.255 e. The van der Waals surface area contributed by atoms with Crippen LogP contribution < -0.4 is 15.5 Å². The van der Waals surface area contributed by atoms with Crippen LogP contribution in [0.5, 0.6) is 5.75 Å². The first kappa shape index (κ1) is 26.2. The first-order chi connectivity index (χ1) is 18.1. The predicted octanol–water partition coefficient (Wildman–Crippen LogP) is -3.35. The SMILES string of the molecule is Bc1cc(C(B)(B)N2CCOCC2=O)ccc1C(B)Oc1cccc2c1CN(C1CCC(=O)NC1=O)C2=O. The van der Waals surface area contributed by atoms with Crippen LogP contribution in [-0.4, -0.2) is 90.6 Å². The summed E-state index contributed by atoms with van der Waals surface area (Å²) in [5, 5.41) is 1.86. The summed E-state index contributed by atoms with van der Waals surface area (Å²) in [5.41, 5.74) is 4.34. The number of hydrogen-bond acceptors (Lipinski definition) is 6. The number of rotatable bonds is 6. The van der Waals surface area contributed by atoms with E-state index in [-0.39, 0.29) is 43.3 Å². The molecule has 0 saturated carbocycles. The number of ether oxygens (including phenoxy) is 2. The normalized spacial score (nSPS) is 20.8. The van der Waals surface area contributed by atoms with Crippen molar-refractivity contribution in [3.63, 3.8) is 0 Å². The average Bonchev–Trinajstić information content (AvgIpc) is 3.21. The molecule has 3 heterocycles. The summed E-state index contributed by atoms with van der Waals surface area (Å²) in [4.78, 5) is 53.0. The molecule has 5 rings (SSSR count). The number of hydrogen-bond donors (Lipinski definition) is 1. The van der Waals surface area contributed by atoms with Gasteiger partial charge in [-0.2, -0.15) is 0 Å². The van der Waals surface area contributed by atoms with Crippen molar-refractivity contribution in [3.05, 3.63) is 58.7 Å². The molecule has 1 N–H and O–H groups in total. The Morgan fingerprint density at radius 3 is 2.63 bits per heavy atom. The summed E-state index contributed by atoms with van der Waals surface area (Å²) in [6, 6.07) is 10.6. The summed E-state index contributed by atoms with van der Waals surface area (Å²) in [5.74, 6) is -0.391. The van der Waals surface area contributed by atoms with Crippen molar-refractivity contribution in [1.82, 2.24) is 15.1 Å². The molecule has 0 aromatic heterocycles. The lowest BCUT2D eigenvalue weighted by atomic mass is 9.56. The van der Waals surface area contributed by atoms with E-state index in [9.17, 15) is 19.2 Å². The lowest BCUT2D eigenvalue weighted by Gasteiger charge is -2.42. The van der Waals surface area contributed by atoms with Crippen molar-refractivity contribution in [3.8, 4) is 5.75 Å². The molecule has 0 bridgehead atoms. The summed E-state index contributed by atoms with van der Waals surface area (Å²) < 4.78 is 11.7. The van der Waals surface area contributed by atoms with Gasteiger partial charge >= 0.3 is 0 Å². The summed E-state index contributed by atoms with van der Waals surface area (Å²) >= 11 is 0. The number of carbonyl (C=O) groups excluding carboxylic acids is 4. The molecule has 3 aliphatic heterocycles. The van der Waals surface area contributed by atoms with Crippen molar-refractivity contribution < 1.29 is 28.7 Å². The minimum absolute atomic E-state index is 0.0153. The Bertz CT molecular complexity index is 1340. The fourth-order valence-electron chi connectivity index (χ4n) is 5.70. The number of carbonyl (C=O) groups is 4. The van der Waals surface area contributed by atoms with Gasteiger partial charge in [-0.05, 0) is 29.7 Å². The van der Waals surface area contributed by atoms with E-state index in [0.717, 1.165) is 22.2 Å². The van der Waals surface area contributed by atoms with Gasteiger partial charge in [-0.15, -0.1) is 0 Å². The van der Waals surface area contributed by atoms with Crippen LogP contribution in [0.1, 0.15) is 45.9 Å². The van der Waals surface area contributed by atoms with Crippen LogP contribution in [0.4, 0.5) is 0 Å². The quantitative estimate of drug-likeness (QED) is 0.322. The number of fused-ring (bicyclic) bond motifs is 1. The van der Waals surface area contributed by atoms with E-state index in [2.05, 4.69) is 11.4 Å². The standard InChI is InChI=1S/C25H29B4N3O6/c26-17-10-13(25(28,29)32-8-9-37-12-21(32)34)4-5-15(17)22(27)38-19-3-1-2-14-16(19)11-31(24(14)36)18-6-7-20(33)30-23(18)35/h1-5,10,18,22H,6-9,11-12,26-29H2,(H,30,33,35). The fourth-order valence-corrected chi connectivity index (χ4v) is 5.70. The van der Waals surface area contributed by atoms with E-state index >= 15 is 0 Å². The van der Waals surface area contributed by atoms with Gasteiger partial charge < -0.3 is 19.3 Å². The second-order valence-corrected chi connectivity index (χ2v) is 10.7. The van der Waals surface area contributed by atoms with Gasteiger partial charge in [0.2, 0.25) is 17.7 Å². The molecule has 0 spiro atoms. The maximum absolute atomic E-state index is 13.1. The van der Waals surface area contributed by atoms with Crippen LogP contribution in [0.2, 0.25) is 0 Å². The monoisotopic (exact) mass is 511 g/mol. The van der Waals surface area contributed by atoms with Crippen molar-refractivity contribution >= 4 is 60.5 Å². The first-order valence-corrected chi connectivity index (χ1v) is 13.0. The van der Waals surface area contributed by atoms with Gasteiger partial charge in [0.05, 0.1) is 19.2 Å². The van der Waals surface area contributed by atoms with Crippen molar-refractivity contribution in [2.24, 2.45) is 0 Å². The third-order valence-electron chi connectivity index (χ3n) is 7.92. The van der Waals surface area contributed by atoms with Gasteiger partial charge in [-0.1, -0.05) is 29.7 Å². The zero-order valence-corrected chi connectivity index (χ0v) is 22.2. The Hall–Kier alpha value is -3.46. The molecule has 2 fully saturated rings. The largest absolute Gasteiger partial charge is 0.495 e. The van der Waals surface area contributed by atoms with Gasteiger partial charge in [0.1, 0.15) is 41.9 Å². The van der Waals surface area contributed by atoms with Gasteiger partial charge in [0, 0.05) is 29.4 Å². The highest BCUT2D eigenvalue weighted by molar-refractivity contribution is 6.41. The van der Waals surface area contributed by atoms with E-state index in [1.165, 1.54) is 4.90 Å². The molecule has 2 saturated heterocycles. The molecule has 2 aromatic rings. The van der Waals surface area contributed by atoms with E-state index in [0.29, 0.717) is 30.9 Å². The number of amides is 4. The Kier molecular flexibility index (Phi) is 6.90. The summed E-state index contributed by atoms with van der Waals surface area (Å²) in [7, 11) is 8.08. The fraction of sp³-hybridized carbons (Fsp3) is 0.360. The predicted molar refractivity (Wildman–Crippen MR) is 150 cm³/mol. The van der Waals surface area contributed by atoms with Gasteiger partial charge in [0.25, 0.3) is 5.91 Å². The number of piperidine rings is 1. The molecule has 0 radical (unpaired) electrons. The Morgan fingerprint density at radius 1 is 1.13 bits per heavy atom. The molecule has 2 unspecified atom stereocenters. The Balaban J connectivity index is 1.34. The highest BCUT2D eigenvalue weighted by Crippen LogP contribution is 2.35. The molecule has 0 aliphatic carbocycles. The molecular formula is C25H29B4N3O6. The third kappa shape index (κ3) is 4.64. The Labute approximate surface area is 225 Å². The molecule has 38 heavy (non-hydrogen) atoms. The topological polar surface area (TPSA) is 105 Å². The minimum Gasteiger partial charge on any atom is -0.495 e. The second-order valence-electron chi connectivity index (χ2n) is 10.7. The maximum Gasteiger partial charge on any atom is 0.255 e. The van der Waals surface area contributed by atoms with Gasteiger partial charge in [0.15, 0.2) is 7.85 Å². The number of benzene rings is 2. The van der Waals surface area contributed by atoms with Crippen LogP contribution in [0, 0.1) is 0 Å². The highest BCUT2D eigenvalue weighted by Gasteiger charge is 2.40. The zero-order valence-electron chi connectivity index (χ0n) is 22.2. The van der Waals surface area contributed by atoms with Crippen molar-refractivity contribution in [2.45, 2.75) is 36.8 Å². The van der Waals surface area contributed by atoms with Gasteiger partial charge in [-0.3, -0.25) is 24.5 Å². The number of nitrogens with one attached hydrogen (secondary N) is 1. The van der Waals surface area contributed by atoms with Crippen LogP contribution in [0.15, 0.2) is 36.4 Å². The van der Waals surface area contributed by atoms with E-state index in [4.69, 9.17) is 9.47 Å². The number of imide groups is 1. The Morgan fingerprint density at radius 2 is 1.92 bits per heavy atom. The van der Waals surface area contributed by atoms with E-state index < -0.39 is 17.3 Å². The average molecular weight is 511 g/mol. The lowest BCUT2D eigenvalue weighted by Crippen LogP contribution is -2.55. The zero-order chi connectivity index (χ0) is 27.2. The molecule has 13 heteroatoms. The lowest BCUT2D eigenvalue weighted by molar-refractivity contribution is -0.145. The second kappa shape index (κ2) is 10.0. The molecule has 4 amide bonds.